The predicted molar refractivity (Wildman–Crippen MR) is 169 cm³/mol. The molecular formula is C34H41FN4O3S. The van der Waals surface area contributed by atoms with Crippen LogP contribution >= 0.6 is 0 Å². The van der Waals surface area contributed by atoms with Gasteiger partial charge in [0.15, 0.2) is 0 Å². The Morgan fingerprint density at radius 3 is 2.51 bits per heavy atom. The van der Waals surface area contributed by atoms with E-state index in [9.17, 15) is 17.6 Å². The maximum atomic E-state index is 13.9. The molecule has 2 unspecified atom stereocenters. The summed E-state index contributed by atoms with van der Waals surface area (Å²) < 4.78 is 42.0. The molecule has 5 rings (SSSR count). The molecule has 0 bridgehead atoms. The van der Waals surface area contributed by atoms with E-state index in [-0.39, 0.29) is 41.2 Å². The quantitative estimate of drug-likeness (QED) is 0.329. The fourth-order valence-electron chi connectivity index (χ4n) is 5.77. The summed E-state index contributed by atoms with van der Waals surface area (Å²) in [5, 5.41) is 3.26. The molecule has 1 aliphatic carbocycles. The van der Waals surface area contributed by atoms with Gasteiger partial charge < -0.3 is 5.32 Å². The Hall–Kier alpha value is -3.66. The number of nitrogens with one attached hydrogen (secondary N) is 2. The molecule has 228 valence electrons. The Labute approximate surface area is 255 Å². The molecular weight excluding hydrogens is 563 g/mol. The van der Waals surface area contributed by atoms with Gasteiger partial charge in [0, 0.05) is 43.5 Å². The number of hydrogen-bond acceptors (Lipinski definition) is 5. The molecule has 3 aromatic rings. The lowest BCUT2D eigenvalue weighted by Gasteiger charge is -2.36. The average Bonchev–Trinajstić information content (AvgIpc) is 3.01. The van der Waals surface area contributed by atoms with E-state index in [1.165, 1.54) is 6.07 Å². The first-order chi connectivity index (χ1) is 20.8. The number of rotatable bonds is 9. The van der Waals surface area contributed by atoms with Crippen LogP contribution in [0.1, 0.15) is 48.8 Å². The Bertz CT molecular complexity index is 1470. The number of likely N-dealkylation sites (tertiary alicyclic amines) is 1. The van der Waals surface area contributed by atoms with Crippen molar-refractivity contribution in [3.63, 3.8) is 0 Å². The topological polar surface area (TPSA) is 91.4 Å². The van der Waals surface area contributed by atoms with Gasteiger partial charge in [-0.2, -0.15) is 0 Å². The van der Waals surface area contributed by atoms with E-state index in [2.05, 4.69) is 26.5 Å². The Balaban J connectivity index is 0.000000782. The Morgan fingerprint density at radius 1 is 1.09 bits per heavy atom. The standard InChI is InChI=1S/C29H33FN4O3S.C5H8/c30-23-9-10-26-22(18-23)8-11-28(27(26)17-21-5-4-14-31-19-21)32-29(35)20-34-15-12-24(13-16-34)33-38(36,37)25-6-2-1-3-7-25;1-3-5-4-2/h1-7,9-10,14,18-19,24,27-28,33H,8,11-13,15-17,20H2,(H,32,35);3-5H,1H2,2H3/b;5-4-. The van der Waals surface area contributed by atoms with Crippen molar-refractivity contribution in [3.8, 4) is 0 Å². The molecule has 0 radical (unpaired) electrons. The average molecular weight is 605 g/mol. The fourth-order valence-corrected chi connectivity index (χ4v) is 7.09. The highest BCUT2D eigenvalue weighted by Gasteiger charge is 2.32. The molecule has 7 nitrogen and oxygen atoms in total. The predicted octanol–water partition coefficient (Wildman–Crippen LogP) is 5.17. The number of carbonyl (C=O) groups excluding carboxylic acids is 1. The number of halogens is 1. The van der Waals surface area contributed by atoms with Crippen LogP contribution in [-0.2, 0) is 27.7 Å². The van der Waals surface area contributed by atoms with Crippen LogP contribution in [0.4, 0.5) is 4.39 Å². The number of piperidine rings is 1. The zero-order valence-electron chi connectivity index (χ0n) is 24.7. The molecule has 2 heterocycles. The highest BCUT2D eigenvalue weighted by molar-refractivity contribution is 7.89. The lowest BCUT2D eigenvalue weighted by atomic mass is 9.76. The lowest BCUT2D eigenvalue weighted by Crippen LogP contribution is -2.50. The van der Waals surface area contributed by atoms with Gasteiger partial charge in [-0.1, -0.05) is 55.1 Å². The third-order valence-electron chi connectivity index (χ3n) is 7.90. The van der Waals surface area contributed by atoms with Crippen LogP contribution in [0.25, 0.3) is 0 Å². The number of sulfonamides is 1. The fraction of sp³-hybridized carbons (Fsp3) is 0.353. The molecule has 2 aliphatic rings. The Kier molecular flexibility index (Phi) is 11.8. The molecule has 43 heavy (non-hydrogen) atoms. The van der Waals surface area contributed by atoms with Crippen LogP contribution in [0.15, 0.2) is 103 Å². The van der Waals surface area contributed by atoms with E-state index in [1.807, 2.05) is 43.5 Å². The van der Waals surface area contributed by atoms with Crippen LogP contribution < -0.4 is 10.0 Å². The number of allylic oxidation sites excluding steroid dienone is 3. The minimum Gasteiger partial charge on any atom is -0.352 e. The zero-order valence-corrected chi connectivity index (χ0v) is 25.5. The number of pyridine rings is 1. The molecule has 2 aromatic carbocycles. The van der Waals surface area contributed by atoms with Crippen LogP contribution in [0, 0.1) is 5.82 Å². The summed E-state index contributed by atoms with van der Waals surface area (Å²) in [5.41, 5.74) is 3.16. The maximum absolute atomic E-state index is 13.9. The molecule has 1 aliphatic heterocycles. The first-order valence-electron chi connectivity index (χ1n) is 14.8. The summed E-state index contributed by atoms with van der Waals surface area (Å²) in [7, 11) is -3.55. The van der Waals surface area contributed by atoms with Crippen molar-refractivity contribution in [1.82, 2.24) is 19.9 Å². The third kappa shape index (κ3) is 9.41. The minimum atomic E-state index is -3.55. The summed E-state index contributed by atoms with van der Waals surface area (Å²) in [6.07, 6.45) is 12.6. The number of carbonyl (C=O) groups is 1. The van der Waals surface area contributed by atoms with Crippen molar-refractivity contribution in [3.05, 3.63) is 120 Å². The van der Waals surface area contributed by atoms with Gasteiger partial charge in [0.2, 0.25) is 15.9 Å². The van der Waals surface area contributed by atoms with Crippen molar-refractivity contribution in [2.75, 3.05) is 19.6 Å². The number of aromatic nitrogens is 1. The molecule has 9 heteroatoms. The minimum absolute atomic E-state index is 0.0330. The van der Waals surface area contributed by atoms with Gasteiger partial charge in [0.05, 0.1) is 11.4 Å². The number of amides is 1. The Morgan fingerprint density at radius 2 is 1.86 bits per heavy atom. The molecule has 1 saturated heterocycles. The summed E-state index contributed by atoms with van der Waals surface area (Å²) in [5.74, 6) is -0.244. The molecule has 0 saturated carbocycles. The maximum Gasteiger partial charge on any atom is 0.240 e. The zero-order chi connectivity index (χ0) is 30.7. The number of aryl methyl sites for hydroxylation is 1. The van der Waals surface area contributed by atoms with Crippen LogP contribution in [-0.4, -0.2) is 55.9 Å². The molecule has 1 aromatic heterocycles. The summed E-state index contributed by atoms with van der Waals surface area (Å²) in [4.78, 5) is 19.7. The van der Waals surface area contributed by atoms with Gasteiger partial charge in [-0.05, 0) is 86.1 Å². The van der Waals surface area contributed by atoms with Gasteiger partial charge in [-0.25, -0.2) is 17.5 Å². The van der Waals surface area contributed by atoms with Crippen molar-refractivity contribution in [1.29, 1.82) is 0 Å². The van der Waals surface area contributed by atoms with Crippen molar-refractivity contribution >= 4 is 15.9 Å². The second kappa shape index (κ2) is 15.7. The highest BCUT2D eigenvalue weighted by Crippen LogP contribution is 2.35. The van der Waals surface area contributed by atoms with Gasteiger partial charge in [-0.3, -0.25) is 14.7 Å². The van der Waals surface area contributed by atoms with Crippen molar-refractivity contribution < 1.29 is 17.6 Å². The van der Waals surface area contributed by atoms with Gasteiger partial charge in [-0.15, -0.1) is 0 Å². The number of hydrogen-bond donors (Lipinski definition) is 2. The van der Waals surface area contributed by atoms with Gasteiger partial charge in [0.25, 0.3) is 0 Å². The lowest BCUT2D eigenvalue weighted by molar-refractivity contribution is -0.123. The smallest absolute Gasteiger partial charge is 0.240 e. The number of fused-ring (bicyclic) bond motifs is 1. The van der Waals surface area contributed by atoms with E-state index in [0.29, 0.717) is 38.8 Å². The number of nitrogens with zero attached hydrogens (tertiary/aromatic N) is 2. The summed E-state index contributed by atoms with van der Waals surface area (Å²) >= 11 is 0. The molecule has 1 amide bonds. The summed E-state index contributed by atoms with van der Waals surface area (Å²) in [6.45, 7) is 6.97. The van der Waals surface area contributed by atoms with Crippen LogP contribution in [0.5, 0.6) is 0 Å². The second-order valence-electron chi connectivity index (χ2n) is 11.0. The van der Waals surface area contributed by atoms with E-state index in [0.717, 1.165) is 23.1 Å². The van der Waals surface area contributed by atoms with E-state index >= 15 is 0 Å². The third-order valence-corrected chi connectivity index (χ3v) is 9.43. The SMILES string of the molecule is C=C/C=C\C.O=C(CN1CCC(NS(=O)(=O)c2ccccc2)CC1)NC1CCc2cc(F)ccc2C1Cc1cccnc1. The van der Waals surface area contributed by atoms with Crippen molar-refractivity contribution in [2.45, 2.75) is 61.9 Å². The van der Waals surface area contributed by atoms with Crippen molar-refractivity contribution in [2.24, 2.45) is 0 Å². The van der Waals surface area contributed by atoms with E-state index in [1.54, 1.807) is 48.7 Å². The van der Waals surface area contributed by atoms with Gasteiger partial charge >= 0.3 is 0 Å². The summed E-state index contributed by atoms with van der Waals surface area (Å²) in [6, 6.07) is 17.1. The molecule has 2 N–H and O–H groups in total. The van der Waals surface area contributed by atoms with E-state index in [4.69, 9.17) is 0 Å². The second-order valence-corrected chi connectivity index (χ2v) is 12.7. The van der Waals surface area contributed by atoms with E-state index < -0.39 is 10.0 Å². The molecule has 2 atom stereocenters. The van der Waals surface area contributed by atoms with Gasteiger partial charge in [0.1, 0.15) is 5.82 Å². The monoisotopic (exact) mass is 604 g/mol. The first-order valence-corrected chi connectivity index (χ1v) is 16.3. The molecule has 1 fully saturated rings. The largest absolute Gasteiger partial charge is 0.352 e. The van der Waals surface area contributed by atoms with Crippen LogP contribution in [0.2, 0.25) is 0 Å². The number of benzene rings is 2. The normalized spacial score (nSPS) is 19.2. The highest BCUT2D eigenvalue weighted by atomic mass is 32.2. The van der Waals surface area contributed by atoms with Crippen LogP contribution in [0.3, 0.4) is 0 Å². The first kappa shape index (κ1) is 32.3. The molecule has 0 spiro atoms.